The Kier molecular flexibility index (Phi) is 3.60. The molecule has 0 spiro atoms. The standard InChI is InChI=1S/C14H21NO4S/c1-13(2)9-15(10-14(3,4)19-13)20(17,18)12-8-6-5-7-11(12)16/h5-8,16H,9-10H2,1-4H3. The Hall–Kier alpha value is -1.11. The Morgan fingerprint density at radius 1 is 1.10 bits per heavy atom. The highest BCUT2D eigenvalue weighted by atomic mass is 32.2. The van der Waals surface area contributed by atoms with Gasteiger partial charge in [0.15, 0.2) is 0 Å². The molecule has 0 aromatic heterocycles. The van der Waals surface area contributed by atoms with Crippen LogP contribution < -0.4 is 0 Å². The molecule has 0 saturated carbocycles. The molecule has 0 amide bonds. The van der Waals surface area contributed by atoms with Crippen molar-refractivity contribution in [1.82, 2.24) is 4.31 Å². The predicted molar refractivity (Wildman–Crippen MR) is 76.1 cm³/mol. The molecule has 0 unspecified atom stereocenters. The number of ether oxygens (including phenoxy) is 1. The molecule has 0 aliphatic carbocycles. The molecule has 1 N–H and O–H groups in total. The lowest BCUT2D eigenvalue weighted by Crippen LogP contribution is -2.58. The van der Waals surface area contributed by atoms with Gasteiger partial charge in [0.05, 0.1) is 11.2 Å². The average molecular weight is 299 g/mol. The van der Waals surface area contributed by atoms with Crippen molar-refractivity contribution in [2.24, 2.45) is 0 Å². The van der Waals surface area contributed by atoms with Gasteiger partial charge < -0.3 is 9.84 Å². The van der Waals surface area contributed by atoms with Crippen molar-refractivity contribution in [3.05, 3.63) is 24.3 Å². The Labute approximate surface area is 120 Å². The predicted octanol–water partition coefficient (Wildman–Crippen LogP) is 1.97. The Morgan fingerprint density at radius 2 is 1.60 bits per heavy atom. The van der Waals surface area contributed by atoms with Gasteiger partial charge in [-0.3, -0.25) is 0 Å². The van der Waals surface area contributed by atoms with Crippen molar-refractivity contribution < 1.29 is 18.3 Å². The minimum absolute atomic E-state index is 0.0616. The molecule has 0 atom stereocenters. The van der Waals surface area contributed by atoms with E-state index in [4.69, 9.17) is 4.74 Å². The summed E-state index contributed by atoms with van der Waals surface area (Å²) in [5.74, 6) is -0.227. The number of phenols is 1. The van der Waals surface area contributed by atoms with E-state index in [0.717, 1.165) is 0 Å². The fraction of sp³-hybridized carbons (Fsp3) is 0.571. The highest BCUT2D eigenvalue weighted by molar-refractivity contribution is 7.89. The number of morpholine rings is 1. The summed E-state index contributed by atoms with van der Waals surface area (Å²) in [5.41, 5.74) is -1.14. The number of para-hydroxylation sites is 1. The largest absolute Gasteiger partial charge is 0.507 e. The normalized spacial score (nSPS) is 22.6. The maximum atomic E-state index is 12.7. The molecule has 1 aromatic carbocycles. The second-order valence-electron chi connectivity index (χ2n) is 6.36. The van der Waals surface area contributed by atoms with Crippen molar-refractivity contribution in [2.45, 2.75) is 43.8 Å². The molecule has 0 radical (unpaired) electrons. The summed E-state index contributed by atoms with van der Waals surface area (Å²) in [7, 11) is -3.73. The second-order valence-corrected chi connectivity index (χ2v) is 8.27. The molecular weight excluding hydrogens is 278 g/mol. The summed E-state index contributed by atoms with van der Waals surface area (Å²) in [5, 5.41) is 9.80. The quantitative estimate of drug-likeness (QED) is 0.906. The van der Waals surface area contributed by atoms with Crippen LogP contribution >= 0.6 is 0 Å². The number of sulfonamides is 1. The third-order valence-electron chi connectivity index (χ3n) is 3.15. The average Bonchev–Trinajstić information content (AvgIpc) is 2.25. The molecule has 1 aliphatic rings. The zero-order chi connectivity index (χ0) is 15.2. The maximum absolute atomic E-state index is 12.7. The molecule has 1 heterocycles. The van der Waals surface area contributed by atoms with Crippen LogP contribution in [0.25, 0.3) is 0 Å². The first-order valence-electron chi connectivity index (χ1n) is 6.52. The van der Waals surface area contributed by atoms with E-state index in [1.165, 1.54) is 16.4 Å². The third-order valence-corrected chi connectivity index (χ3v) is 4.99. The van der Waals surface area contributed by atoms with Crippen LogP contribution in [0.4, 0.5) is 0 Å². The number of aromatic hydroxyl groups is 1. The van der Waals surface area contributed by atoms with Crippen molar-refractivity contribution in [2.75, 3.05) is 13.1 Å². The fourth-order valence-corrected chi connectivity index (χ4v) is 4.52. The lowest BCUT2D eigenvalue weighted by atomic mass is 10.0. The minimum atomic E-state index is -3.73. The van der Waals surface area contributed by atoms with Crippen LogP contribution in [0.2, 0.25) is 0 Å². The van der Waals surface area contributed by atoms with Crippen molar-refractivity contribution in [3.8, 4) is 5.75 Å². The zero-order valence-electron chi connectivity index (χ0n) is 12.3. The second kappa shape index (κ2) is 4.72. The molecule has 112 valence electrons. The van der Waals surface area contributed by atoms with E-state index in [1.807, 2.05) is 27.7 Å². The number of rotatable bonds is 2. The Balaban J connectivity index is 2.42. The van der Waals surface area contributed by atoms with Crippen LogP contribution in [-0.4, -0.2) is 42.1 Å². The molecule has 1 aliphatic heterocycles. The molecule has 1 aromatic rings. The van der Waals surface area contributed by atoms with E-state index in [-0.39, 0.29) is 23.7 Å². The van der Waals surface area contributed by atoms with Gasteiger partial charge in [-0.1, -0.05) is 12.1 Å². The highest BCUT2D eigenvalue weighted by Gasteiger charge is 2.43. The van der Waals surface area contributed by atoms with E-state index < -0.39 is 21.2 Å². The van der Waals surface area contributed by atoms with Gasteiger partial charge >= 0.3 is 0 Å². The van der Waals surface area contributed by atoms with Gasteiger partial charge in [0.25, 0.3) is 0 Å². The molecule has 0 bridgehead atoms. The van der Waals surface area contributed by atoms with Crippen LogP contribution in [0.5, 0.6) is 5.75 Å². The van der Waals surface area contributed by atoms with E-state index in [9.17, 15) is 13.5 Å². The summed E-state index contributed by atoms with van der Waals surface area (Å²) in [6.45, 7) is 7.96. The number of hydrogen-bond donors (Lipinski definition) is 1. The Morgan fingerprint density at radius 3 is 2.10 bits per heavy atom. The van der Waals surface area contributed by atoms with Gasteiger partial charge in [-0.2, -0.15) is 4.31 Å². The van der Waals surface area contributed by atoms with E-state index in [0.29, 0.717) is 0 Å². The van der Waals surface area contributed by atoms with Crippen molar-refractivity contribution in [3.63, 3.8) is 0 Å². The summed E-state index contributed by atoms with van der Waals surface area (Å²) in [6.07, 6.45) is 0. The third kappa shape index (κ3) is 2.97. The maximum Gasteiger partial charge on any atom is 0.246 e. The van der Waals surface area contributed by atoms with Gasteiger partial charge in [-0.05, 0) is 39.8 Å². The van der Waals surface area contributed by atoms with Crippen LogP contribution in [0.1, 0.15) is 27.7 Å². The first kappa shape index (κ1) is 15.3. The molecule has 6 heteroatoms. The SMILES string of the molecule is CC1(C)CN(S(=O)(=O)c2ccccc2O)CC(C)(C)O1. The number of benzene rings is 1. The zero-order valence-corrected chi connectivity index (χ0v) is 13.1. The lowest BCUT2D eigenvalue weighted by Gasteiger charge is -2.46. The van der Waals surface area contributed by atoms with Gasteiger partial charge in [0.1, 0.15) is 10.6 Å². The van der Waals surface area contributed by atoms with Crippen LogP contribution in [-0.2, 0) is 14.8 Å². The van der Waals surface area contributed by atoms with Gasteiger partial charge in [0.2, 0.25) is 10.0 Å². The van der Waals surface area contributed by atoms with Crippen molar-refractivity contribution in [1.29, 1.82) is 0 Å². The first-order valence-corrected chi connectivity index (χ1v) is 7.96. The number of hydrogen-bond acceptors (Lipinski definition) is 4. The number of nitrogens with zero attached hydrogens (tertiary/aromatic N) is 1. The summed E-state index contributed by atoms with van der Waals surface area (Å²) in [4.78, 5) is -0.0616. The fourth-order valence-electron chi connectivity index (χ4n) is 2.70. The topological polar surface area (TPSA) is 66.8 Å². The smallest absolute Gasteiger partial charge is 0.246 e. The lowest BCUT2D eigenvalue weighted by molar-refractivity contribution is -0.163. The van der Waals surface area contributed by atoms with Gasteiger partial charge in [0, 0.05) is 13.1 Å². The van der Waals surface area contributed by atoms with Crippen LogP contribution in [0, 0.1) is 0 Å². The summed E-state index contributed by atoms with van der Waals surface area (Å²) < 4.78 is 32.7. The minimum Gasteiger partial charge on any atom is -0.507 e. The molecule has 1 fully saturated rings. The first-order chi connectivity index (χ1) is 9.04. The van der Waals surface area contributed by atoms with Crippen LogP contribution in [0.3, 0.4) is 0 Å². The van der Waals surface area contributed by atoms with E-state index in [1.54, 1.807) is 12.1 Å². The molecule has 20 heavy (non-hydrogen) atoms. The van der Waals surface area contributed by atoms with E-state index in [2.05, 4.69) is 0 Å². The monoisotopic (exact) mass is 299 g/mol. The number of phenolic OH excluding ortho intramolecular Hbond substituents is 1. The summed E-state index contributed by atoms with van der Waals surface area (Å²) in [6, 6.07) is 5.99. The molecule has 5 nitrogen and oxygen atoms in total. The Bertz CT molecular complexity index is 591. The molecule has 1 saturated heterocycles. The highest BCUT2D eigenvalue weighted by Crippen LogP contribution is 2.33. The van der Waals surface area contributed by atoms with Gasteiger partial charge in [-0.15, -0.1) is 0 Å². The molecular formula is C14H21NO4S. The molecule has 2 rings (SSSR count). The van der Waals surface area contributed by atoms with Crippen LogP contribution in [0.15, 0.2) is 29.2 Å². The van der Waals surface area contributed by atoms with Gasteiger partial charge in [-0.25, -0.2) is 8.42 Å². The summed E-state index contributed by atoms with van der Waals surface area (Å²) >= 11 is 0. The van der Waals surface area contributed by atoms with E-state index >= 15 is 0 Å². The van der Waals surface area contributed by atoms with Crippen molar-refractivity contribution >= 4 is 10.0 Å².